The molecule has 3 rings (SSSR count). The number of carbonyl (C=O) groups excluding carboxylic acids is 2. The second-order valence-electron chi connectivity index (χ2n) is 7.63. The minimum atomic E-state index is -3.82. The van der Waals surface area contributed by atoms with Crippen LogP contribution in [0.3, 0.4) is 0 Å². The Labute approximate surface area is 187 Å². The number of hydrogen-bond acceptors (Lipinski definition) is 6. The van der Waals surface area contributed by atoms with Gasteiger partial charge in [0.1, 0.15) is 4.90 Å². The Morgan fingerprint density at radius 1 is 1.12 bits per heavy atom. The van der Waals surface area contributed by atoms with Crippen LogP contribution in [0.1, 0.15) is 48.0 Å². The molecule has 1 aliphatic carbocycles. The minimum absolute atomic E-state index is 0.00512. The van der Waals surface area contributed by atoms with E-state index < -0.39 is 28.5 Å². The van der Waals surface area contributed by atoms with Crippen LogP contribution in [0.4, 0.5) is 5.69 Å². The van der Waals surface area contributed by atoms with E-state index in [0.717, 1.165) is 32.1 Å². The fourth-order valence-corrected chi connectivity index (χ4v) is 5.27. The van der Waals surface area contributed by atoms with Crippen molar-refractivity contribution in [2.75, 3.05) is 19.0 Å². The Morgan fingerprint density at radius 3 is 2.56 bits per heavy atom. The molecule has 1 fully saturated rings. The average Bonchev–Trinajstić information content (AvgIpc) is 2.82. The number of hydrogen-bond donors (Lipinski definition) is 1. The number of benzene rings is 2. The Morgan fingerprint density at radius 2 is 1.84 bits per heavy atom. The van der Waals surface area contributed by atoms with Crippen LogP contribution in [0.25, 0.3) is 0 Å². The summed E-state index contributed by atoms with van der Waals surface area (Å²) in [5, 5.41) is 11.5. The van der Waals surface area contributed by atoms with Crippen molar-refractivity contribution in [3.05, 3.63) is 59.7 Å². The van der Waals surface area contributed by atoms with Gasteiger partial charge in [-0.05, 0) is 43.2 Å². The van der Waals surface area contributed by atoms with Gasteiger partial charge in [-0.2, -0.15) is 9.57 Å². The van der Waals surface area contributed by atoms with Crippen LogP contribution >= 0.6 is 0 Å². The first kappa shape index (κ1) is 23.4. The summed E-state index contributed by atoms with van der Waals surface area (Å²) >= 11 is 0. The van der Waals surface area contributed by atoms with E-state index in [9.17, 15) is 18.0 Å². The molecular weight excluding hydrogens is 430 g/mol. The van der Waals surface area contributed by atoms with Gasteiger partial charge in [-0.15, -0.1) is 0 Å². The molecule has 2 aromatic rings. The predicted octanol–water partition coefficient (Wildman–Crippen LogP) is 3.31. The summed E-state index contributed by atoms with van der Waals surface area (Å²) in [6, 6.07) is 13.9. The van der Waals surface area contributed by atoms with Crippen LogP contribution in [-0.4, -0.2) is 44.3 Å². The third-order valence-corrected chi connectivity index (χ3v) is 7.44. The molecule has 0 aromatic heterocycles. The lowest BCUT2D eigenvalue weighted by molar-refractivity contribution is -0.119. The number of nitrogens with one attached hydrogen (secondary N) is 1. The van der Waals surface area contributed by atoms with Gasteiger partial charge in [0.15, 0.2) is 6.61 Å². The molecule has 0 aliphatic heterocycles. The van der Waals surface area contributed by atoms with Crippen molar-refractivity contribution in [1.82, 2.24) is 4.31 Å². The van der Waals surface area contributed by atoms with Gasteiger partial charge in [0.25, 0.3) is 5.91 Å². The second kappa shape index (κ2) is 10.4. The molecule has 0 bridgehead atoms. The van der Waals surface area contributed by atoms with Gasteiger partial charge in [0.05, 0.1) is 22.9 Å². The van der Waals surface area contributed by atoms with E-state index in [4.69, 9.17) is 10.00 Å². The lowest BCUT2D eigenvalue weighted by atomic mass is 9.96. The highest BCUT2D eigenvalue weighted by Gasteiger charge is 2.31. The highest BCUT2D eigenvalue weighted by Crippen LogP contribution is 2.29. The number of anilines is 1. The molecule has 32 heavy (non-hydrogen) atoms. The summed E-state index contributed by atoms with van der Waals surface area (Å²) in [6.07, 6.45) is 4.72. The zero-order valence-corrected chi connectivity index (χ0v) is 18.6. The maximum absolute atomic E-state index is 13.2. The first-order valence-electron chi connectivity index (χ1n) is 10.4. The van der Waals surface area contributed by atoms with Crippen molar-refractivity contribution in [2.24, 2.45) is 0 Å². The second-order valence-corrected chi connectivity index (χ2v) is 9.59. The number of amides is 1. The van der Waals surface area contributed by atoms with Crippen LogP contribution in [0, 0.1) is 11.3 Å². The van der Waals surface area contributed by atoms with E-state index in [1.807, 2.05) is 6.07 Å². The molecule has 0 unspecified atom stereocenters. The van der Waals surface area contributed by atoms with Crippen LogP contribution in [-0.2, 0) is 19.6 Å². The SMILES string of the molecule is CN(C1CCCCC1)S(=O)(=O)c1ccccc1NC(=O)COC(=O)c1cccc(C#N)c1. The highest BCUT2D eigenvalue weighted by atomic mass is 32.2. The van der Waals surface area contributed by atoms with E-state index >= 15 is 0 Å². The molecule has 0 spiro atoms. The smallest absolute Gasteiger partial charge is 0.338 e. The predicted molar refractivity (Wildman–Crippen MR) is 118 cm³/mol. The molecule has 9 heteroatoms. The number of esters is 1. The first-order valence-corrected chi connectivity index (χ1v) is 11.8. The summed E-state index contributed by atoms with van der Waals surface area (Å²) in [7, 11) is -2.25. The molecule has 1 N–H and O–H groups in total. The van der Waals surface area contributed by atoms with Crippen LogP contribution in [0.2, 0.25) is 0 Å². The van der Waals surface area contributed by atoms with Gasteiger partial charge in [-0.1, -0.05) is 37.5 Å². The van der Waals surface area contributed by atoms with Crippen LogP contribution in [0.15, 0.2) is 53.4 Å². The number of rotatable bonds is 7. The van der Waals surface area contributed by atoms with Crippen molar-refractivity contribution in [3.8, 4) is 6.07 Å². The lowest BCUT2D eigenvalue weighted by Gasteiger charge is -2.30. The summed E-state index contributed by atoms with van der Waals surface area (Å²) in [6.45, 7) is -0.595. The fraction of sp³-hybridized carbons (Fsp3) is 0.348. The summed E-state index contributed by atoms with van der Waals surface area (Å²) in [5.74, 6) is -1.42. The zero-order valence-electron chi connectivity index (χ0n) is 17.8. The molecule has 8 nitrogen and oxygen atoms in total. The molecule has 168 valence electrons. The number of nitriles is 1. The van der Waals surface area contributed by atoms with Crippen LogP contribution in [0.5, 0.6) is 0 Å². The number of ether oxygens (including phenoxy) is 1. The summed E-state index contributed by atoms with van der Waals surface area (Å²) < 4.78 is 32.8. The van der Waals surface area contributed by atoms with E-state index in [2.05, 4.69) is 5.32 Å². The standard InChI is InChI=1S/C23H25N3O5S/c1-26(19-10-3-2-4-11-19)32(29,30)21-13-6-5-12-20(21)25-22(27)16-31-23(28)18-9-7-8-17(14-18)15-24/h5-9,12-14,19H,2-4,10-11,16H2,1H3,(H,25,27). The molecule has 2 aromatic carbocycles. The number of sulfonamides is 1. The van der Waals surface area contributed by atoms with E-state index in [-0.39, 0.29) is 22.2 Å². The Bertz CT molecular complexity index is 1130. The molecule has 0 radical (unpaired) electrons. The summed E-state index contributed by atoms with van der Waals surface area (Å²) in [4.78, 5) is 24.5. The first-order chi connectivity index (χ1) is 15.3. The van der Waals surface area contributed by atoms with E-state index in [1.165, 1.54) is 28.6 Å². The quantitative estimate of drug-likeness (QED) is 0.640. The molecule has 0 heterocycles. The molecule has 0 saturated heterocycles. The van der Waals surface area contributed by atoms with Gasteiger partial charge in [-0.3, -0.25) is 4.79 Å². The zero-order chi connectivity index (χ0) is 23.1. The van der Waals surface area contributed by atoms with Gasteiger partial charge < -0.3 is 10.1 Å². The van der Waals surface area contributed by atoms with Crippen molar-refractivity contribution in [3.63, 3.8) is 0 Å². The molecule has 1 amide bonds. The number of carbonyl (C=O) groups is 2. The topological polar surface area (TPSA) is 117 Å². The normalized spacial score (nSPS) is 14.5. The average molecular weight is 456 g/mol. The van der Waals surface area contributed by atoms with Gasteiger partial charge in [0, 0.05) is 13.1 Å². The molecule has 0 atom stereocenters. The van der Waals surface area contributed by atoms with Crippen molar-refractivity contribution in [1.29, 1.82) is 5.26 Å². The maximum atomic E-state index is 13.2. The fourth-order valence-electron chi connectivity index (χ4n) is 3.71. The Balaban J connectivity index is 1.68. The van der Waals surface area contributed by atoms with Crippen molar-refractivity contribution >= 4 is 27.6 Å². The highest BCUT2D eigenvalue weighted by molar-refractivity contribution is 7.89. The third-order valence-electron chi connectivity index (χ3n) is 5.47. The monoisotopic (exact) mass is 455 g/mol. The molecule has 1 aliphatic rings. The van der Waals surface area contributed by atoms with E-state index in [1.54, 1.807) is 31.3 Å². The minimum Gasteiger partial charge on any atom is -0.452 e. The number of para-hydroxylation sites is 1. The van der Waals surface area contributed by atoms with Crippen LogP contribution < -0.4 is 5.32 Å². The Hall–Kier alpha value is -3.22. The number of nitrogens with zero attached hydrogens (tertiary/aromatic N) is 2. The van der Waals surface area contributed by atoms with Gasteiger partial charge in [-0.25, -0.2) is 13.2 Å². The molecule has 1 saturated carbocycles. The Kier molecular flexibility index (Phi) is 7.62. The summed E-state index contributed by atoms with van der Waals surface area (Å²) in [5.41, 5.74) is 0.571. The van der Waals surface area contributed by atoms with E-state index in [0.29, 0.717) is 5.56 Å². The third kappa shape index (κ3) is 5.52. The molecular formula is C23H25N3O5S. The van der Waals surface area contributed by atoms with Gasteiger partial charge >= 0.3 is 5.97 Å². The van der Waals surface area contributed by atoms with Crippen molar-refractivity contribution < 1.29 is 22.7 Å². The van der Waals surface area contributed by atoms with Crippen molar-refractivity contribution in [2.45, 2.75) is 43.0 Å². The largest absolute Gasteiger partial charge is 0.452 e. The lowest BCUT2D eigenvalue weighted by Crippen LogP contribution is -2.38. The van der Waals surface area contributed by atoms with Gasteiger partial charge in [0.2, 0.25) is 10.0 Å². The maximum Gasteiger partial charge on any atom is 0.338 e.